The molecule has 1 atom stereocenters. The molecule has 1 aliphatic rings. The fourth-order valence-corrected chi connectivity index (χ4v) is 1.77. The van der Waals surface area contributed by atoms with Crippen molar-refractivity contribution >= 4 is 5.78 Å². The minimum absolute atomic E-state index is 0.171. The number of Topliss-reactive ketones (excluding diaryl/α,β-unsaturated/α-hetero) is 1. The van der Waals surface area contributed by atoms with Crippen LogP contribution in [0.4, 0.5) is 0 Å². The average Bonchev–Trinajstić information content (AvgIpc) is 2.41. The van der Waals surface area contributed by atoms with Gasteiger partial charge in [0.05, 0.1) is 5.92 Å². The summed E-state index contributed by atoms with van der Waals surface area (Å²) in [5, 5.41) is 0. The van der Waals surface area contributed by atoms with Gasteiger partial charge in [-0.05, 0) is 25.5 Å². The molecular formula is C9H11NO. The minimum atomic E-state index is 0.171. The van der Waals surface area contributed by atoms with Crippen LogP contribution < -0.4 is 0 Å². The monoisotopic (exact) mass is 149 g/mol. The molecule has 2 heterocycles. The normalized spacial score (nSPS) is 21.7. The molecule has 11 heavy (non-hydrogen) atoms. The van der Waals surface area contributed by atoms with Crippen molar-refractivity contribution in [3.63, 3.8) is 0 Å². The van der Waals surface area contributed by atoms with Crippen LogP contribution in [0.25, 0.3) is 0 Å². The molecule has 0 amide bonds. The number of hydrogen-bond acceptors (Lipinski definition) is 1. The number of carbonyl (C=O) groups excluding carboxylic acids is 1. The second kappa shape index (κ2) is 2.22. The first kappa shape index (κ1) is 6.65. The lowest BCUT2D eigenvalue weighted by atomic mass is 10.0. The maximum atomic E-state index is 11.1. The third-order valence-electron chi connectivity index (χ3n) is 2.37. The zero-order valence-electron chi connectivity index (χ0n) is 6.58. The molecule has 2 rings (SSSR count). The molecule has 0 fully saturated rings. The molecule has 1 aliphatic heterocycles. The van der Waals surface area contributed by atoms with Gasteiger partial charge in [0, 0.05) is 18.4 Å². The van der Waals surface area contributed by atoms with Gasteiger partial charge < -0.3 is 4.57 Å². The van der Waals surface area contributed by atoms with Crippen LogP contribution in [0.3, 0.4) is 0 Å². The van der Waals surface area contributed by atoms with Crippen molar-refractivity contribution in [1.29, 1.82) is 0 Å². The Morgan fingerprint density at radius 3 is 3.27 bits per heavy atom. The van der Waals surface area contributed by atoms with Crippen molar-refractivity contribution in [2.24, 2.45) is 0 Å². The third-order valence-corrected chi connectivity index (χ3v) is 2.37. The summed E-state index contributed by atoms with van der Waals surface area (Å²) >= 11 is 0. The van der Waals surface area contributed by atoms with Crippen LogP contribution >= 0.6 is 0 Å². The van der Waals surface area contributed by atoms with Gasteiger partial charge in [-0.3, -0.25) is 4.79 Å². The highest BCUT2D eigenvalue weighted by atomic mass is 16.1. The van der Waals surface area contributed by atoms with Crippen molar-refractivity contribution < 1.29 is 4.79 Å². The lowest BCUT2D eigenvalue weighted by Crippen LogP contribution is -2.03. The van der Waals surface area contributed by atoms with Gasteiger partial charge in [-0.2, -0.15) is 0 Å². The summed E-state index contributed by atoms with van der Waals surface area (Å²) in [5.74, 6) is 0.465. The molecular weight excluding hydrogens is 138 g/mol. The van der Waals surface area contributed by atoms with Crippen molar-refractivity contribution in [3.05, 3.63) is 24.0 Å². The van der Waals surface area contributed by atoms with Gasteiger partial charge in [-0.25, -0.2) is 0 Å². The summed E-state index contributed by atoms with van der Waals surface area (Å²) in [7, 11) is 0. The number of hydrogen-bond donors (Lipinski definition) is 0. The molecule has 1 aromatic heterocycles. The highest BCUT2D eigenvalue weighted by molar-refractivity contribution is 5.83. The highest BCUT2D eigenvalue weighted by Gasteiger charge is 2.24. The SMILES string of the molecule is CC(=O)C1CCn2cccc21. The molecule has 2 nitrogen and oxygen atoms in total. The quantitative estimate of drug-likeness (QED) is 0.594. The van der Waals surface area contributed by atoms with Crippen molar-refractivity contribution in [2.45, 2.75) is 25.8 Å². The molecule has 58 valence electrons. The van der Waals surface area contributed by atoms with E-state index in [2.05, 4.69) is 4.57 Å². The van der Waals surface area contributed by atoms with E-state index in [1.807, 2.05) is 18.3 Å². The van der Waals surface area contributed by atoms with Crippen LogP contribution in [-0.2, 0) is 11.3 Å². The van der Waals surface area contributed by atoms with Crippen LogP contribution in [0, 0.1) is 0 Å². The molecule has 0 N–H and O–H groups in total. The Labute approximate surface area is 65.8 Å². The number of aryl methyl sites for hydroxylation is 1. The van der Waals surface area contributed by atoms with Gasteiger partial charge in [0.1, 0.15) is 5.78 Å². The van der Waals surface area contributed by atoms with Crippen LogP contribution in [0.5, 0.6) is 0 Å². The van der Waals surface area contributed by atoms with E-state index in [-0.39, 0.29) is 5.92 Å². The zero-order valence-corrected chi connectivity index (χ0v) is 6.58. The highest BCUT2D eigenvalue weighted by Crippen LogP contribution is 2.28. The Morgan fingerprint density at radius 1 is 1.73 bits per heavy atom. The molecule has 0 radical (unpaired) electrons. The molecule has 2 heteroatoms. The molecule has 0 aliphatic carbocycles. The number of aromatic nitrogens is 1. The van der Waals surface area contributed by atoms with E-state index in [4.69, 9.17) is 0 Å². The number of nitrogens with zero attached hydrogens (tertiary/aromatic N) is 1. The third kappa shape index (κ3) is 0.897. The second-order valence-corrected chi connectivity index (χ2v) is 3.08. The Morgan fingerprint density at radius 2 is 2.55 bits per heavy atom. The molecule has 1 unspecified atom stereocenters. The van der Waals surface area contributed by atoms with Crippen molar-refractivity contribution in [2.75, 3.05) is 0 Å². The Kier molecular flexibility index (Phi) is 1.34. The van der Waals surface area contributed by atoms with Crippen molar-refractivity contribution in [1.82, 2.24) is 4.57 Å². The molecule has 1 aromatic rings. The van der Waals surface area contributed by atoms with Crippen molar-refractivity contribution in [3.8, 4) is 0 Å². The fourth-order valence-electron chi connectivity index (χ4n) is 1.77. The zero-order chi connectivity index (χ0) is 7.84. The maximum absolute atomic E-state index is 11.1. The summed E-state index contributed by atoms with van der Waals surface area (Å²) in [5.41, 5.74) is 1.19. The van der Waals surface area contributed by atoms with Crippen LogP contribution in [-0.4, -0.2) is 10.4 Å². The Balaban J connectivity index is 2.38. The molecule has 0 saturated carbocycles. The van der Waals surface area contributed by atoms with E-state index in [9.17, 15) is 4.79 Å². The first-order chi connectivity index (χ1) is 5.29. The molecule has 0 spiro atoms. The average molecular weight is 149 g/mol. The van der Waals surface area contributed by atoms with E-state index in [1.54, 1.807) is 6.92 Å². The lowest BCUT2D eigenvalue weighted by Gasteiger charge is -2.01. The van der Waals surface area contributed by atoms with Crippen LogP contribution in [0.2, 0.25) is 0 Å². The van der Waals surface area contributed by atoms with Crippen LogP contribution in [0.15, 0.2) is 18.3 Å². The number of carbonyl (C=O) groups is 1. The number of rotatable bonds is 1. The molecule has 0 saturated heterocycles. The number of fused-ring (bicyclic) bond motifs is 1. The Hall–Kier alpha value is -1.05. The summed E-state index contributed by atoms with van der Waals surface area (Å²) in [6.45, 7) is 2.68. The topological polar surface area (TPSA) is 22.0 Å². The summed E-state index contributed by atoms with van der Waals surface area (Å²) < 4.78 is 2.16. The summed E-state index contributed by atoms with van der Waals surface area (Å²) in [6.07, 6.45) is 3.03. The van der Waals surface area contributed by atoms with Gasteiger partial charge in [0.15, 0.2) is 0 Å². The first-order valence-corrected chi connectivity index (χ1v) is 3.94. The van der Waals surface area contributed by atoms with Gasteiger partial charge in [-0.15, -0.1) is 0 Å². The summed E-state index contributed by atoms with van der Waals surface area (Å²) in [6, 6.07) is 4.05. The maximum Gasteiger partial charge on any atom is 0.138 e. The predicted molar refractivity (Wildman–Crippen MR) is 42.5 cm³/mol. The summed E-state index contributed by atoms with van der Waals surface area (Å²) in [4.78, 5) is 11.1. The first-order valence-electron chi connectivity index (χ1n) is 3.94. The Bertz CT molecular complexity index is 288. The number of ketones is 1. The standard InChI is InChI=1S/C9H11NO/c1-7(11)8-4-6-10-5-2-3-9(8)10/h2-3,5,8H,4,6H2,1H3. The smallest absolute Gasteiger partial charge is 0.138 e. The lowest BCUT2D eigenvalue weighted by molar-refractivity contribution is -0.118. The van der Waals surface area contributed by atoms with Gasteiger partial charge in [-0.1, -0.05) is 0 Å². The minimum Gasteiger partial charge on any atom is -0.351 e. The molecule has 0 aromatic carbocycles. The van der Waals surface area contributed by atoms with Gasteiger partial charge in [0.25, 0.3) is 0 Å². The van der Waals surface area contributed by atoms with Gasteiger partial charge >= 0.3 is 0 Å². The predicted octanol–water partition coefficient (Wildman–Crippen LogP) is 1.56. The van der Waals surface area contributed by atoms with E-state index in [0.717, 1.165) is 13.0 Å². The van der Waals surface area contributed by atoms with E-state index >= 15 is 0 Å². The fraction of sp³-hybridized carbons (Fsp3) is 0.444. The van der Waals surface area contributed by atoms with E-state index in [0.29, 0.717) is 5.78 Å². The van der Waals surface area contributed by atoms with Crippen LogP contribution in [0.1, 0.15) is 25.0 Å². The second-order valence-electron chi connectivity index (χ2n) is 3.08. The largest absolute Gasteiger partial charge is 0.351 e. The molecule has 0 bridgehead atoms. The van der Waals surface area contributed by atoms with Gasteiger partial charge in [0.2, 0.25) is 0 Å². The van der Waals surface area contributed by atoms with E-state index in [1.165, 1.54) is 5.69 Å². The van der Waals surface area contributed by atoms with E-state index < -0.39 is 0 Å².